The van der Waals surface area contributed by atoms with Gasteiger partial charge in [0.2, 0.25) is 0 Å². The molecule has 0 saturated heterocycles. The number of halogens is 4. The number of ether oxygens (including phenoxy) is 1. The molecule has 0 radical (unpaired) electrons. The van der Waals surface area contributed by atoms with Crippen molar-refractivity contribution in [3.8, 4) is 0 Å². The van der Waals surface area contributed by atoms with Gasteiger partial charge in [0.1, 0.15) is 6.61 Å². The highest BCUT2D eigenvalue weighted by Gasteiger charge is 2.41. The average molecular weight is 266 g/mol. The van der Waals surface area contributed by atoms with Crippen molar-refractivity contribution in [1.82, 2.24) is 4.98 Å². The van der Waals surface area contributed by atoms with Crippen LogP contribution in [-0.4, -0.2) is 36.6 Å². The Balaban J connectivity index is 2.28. The van der Waals surface area contributed by atoms with Gasteiger partial charge in [0.05, 0.1) is 6.61 Å². The van der Waals surface area contributed by atoms with E-state index in [9.17, 15) is 17.6 Å². The molecule has 1 heterocycles. The fourth-order valence-corrected chi connectivity index (χ4v) is 1.26. The maximum atomic E-state index is 12.5. The lowest BCUT2D eigenvalue weighted by molar-refractivity contribution is -0.166. The average Bonchev–Trinajstić information content (AvgIpc) is 2.29. The van der Waals surface area contributed by atoms with Crippen LogP contribution in [-0.2, 0) is 11.2 Å². The Morgan fingerprint density at radius 3 is 2.61 bits per heavy atom. The van der Waals surface area contributed by atoms with Crippen LogP contribution in [0.4, 0.5) is 17.6 Å². The molecule has 7 heteroatoms. The smallest absolute Gasteiger partial charge is 0.330 e. The van der Waals surface area contributed by atoms with E-state index in [4.69, 9.17) is 5.73 Å². The van der Waals surface area contributed by atoms with Crippen LogP contribution in [0.25, 0.3) is 0 Å². The Labute approximate surface area is 102 Å². The molecule has 1 rings (SSSR count). The third kappa shape index (κ3) is 4.97. The van der Waals surface area contributed by atoms with E-state index in [1.165, 1.54) is 0 Å². The molecule has 3 nitrogen and oxygen atoms in total. The molecule has 18 heavy (non-hydrogen) atoms. The van der Waals surface area contributed by atoms with Gasteiger partial charge < -0.3 is 10.5 Å². The summed E-state index contributed by atoms with van der Waals surface area (Å²) in [5.41, 5.74) is 6.30. The van der Waals surface area contributed by atoms with Crippen LogP contribution in [0.1, 0.15) is 5.69 Å². The van der Waals surface area contributed by atoms with E-state index in [0.717, 1.165) is 0 Å². The van der Waals surface area contributed by atoms with Crippen molar-refractivity contribution in [2.24, 2.45) is 5.73 Å². The summed E-state index contributed by atoms with van der Waals surface area (Å²) in [5, 5.41) is 0. The van der Waals surface area contributed by atoms with Gasteiger partial charge in [-0.3, -0.25) is 4.98 Å². The summed E-state index contributed by atoms with van der Waals surface area (Å²) in [6.07, 6.45) is -1.82. The minimum Gasteiger partial charge on any atom is -0.373 e. The molecular weight excluding hydrogens is 252 g/mol. The lowest BCUT2D eigenvalue weighted by Gasteiger charge is -2.17. The SMILES string of the molecule is NC(COCC(F)(F)C(F)F)Cc1ccccn1. The van der Waals surface area contributed by atoms with Crippen molar-refractivity contribution < 1.29 is 22.3 Å². The zero-order chi connectivity index (χ0) is 13.6. The predicted octanol–water partition coefficient (Wildman–Crippen LogP) is 1.87. The van der Waals surface area contributed by atoms with Gasteiger partial charge in [-0.1, -0.05) is 6.07 Å². The quantitative estimate of drug-likeness (QED) is 0.766. The number of hydrogen-bond acceptors (Lipinski definition) is 3. The van der Waals surface area contributed by atoms with E-state index in [1.807, 2.05) is 0 Å². The second-order valence-corrected chi connectivity index (χ2v) is 3.86. The molecule has 0 fully saturated rings. The van der Waals surface area contributed by atoms with Crippen LogP contribution >= 0.6 is 0 Å². The number of rotatable bonds is 7. The van der Waals surface area contributed by atoms with E-state index < -0.39 is 25.0 Å². The van der Waals surface area contributed by atoms with Crippen LogP contribution in [0.3, 0.4) is 0 Å². The first-order valence-corrected chi connectivity index (χ1v) is 5.31. The first-order chi connectivity index (χ1) is 8.42. The maximum Gasteiger partial charge on any atom is 0.330 e. The number of nitrogens with two attached hydrogens (primary N) is 1. The first-order valence-electron chi connectivity index (χ1n) is 5.31. The highest BCUT2D eigenvalue weighted by Crippen LogP contribution is 2.22. The molecule has 0 aliphatic carbocycles. The van der Waals surface area contributed by atoms with E-state index in [2.05, 4.69) is 9.72 Å². The summed E-state index contributed by atoms with van der Waals surface area (Å²) in [7, 11) is 0. The molecule has 102 valence electrons. The minimum atomic E-state index is -4.13. The van der Waals surface area contributed by atoms with Crippen molar-refractivity contribution in [2.45, 2.75) is 24.8 Å². The molecule has 1 atom stereocenters. The summed E-state index contributed by atoms with van der Waals surface area (Å²) >= 11 is 0. The first kappa shape index (κ1) is 14.8. The van der Waals surface area contributed by atoms with Gasteiger partial charge >= 0.3 is 12.3 Å². The van der Waals surface area contributed by atoms with Crippen LogP contribution < -0.4 is 5.73 Å². The molecule has 1 aromatic heterocycles. The molecule has 0 bridgehead atoms. The van der Waals surface area contributed by atoms with Crippen molar-refractivity contribution in [1.29, 1.82) is 0 Å². The van der Waals surface area contributed by atoms with Gasteiger partial charge in [0.15, 0.2) is 0 Å². The molecule has 0 aliphatic heterocycles. The molecule has 1 aromatic rings. The number of aromatic nitrogens is 1. The number of pyridine rings is 1. The van der Waals surface area contributed by atoms with Crippen molar-refractivity contribution in [3.05, 3.63) is 30.1 Å². The highest BCUT2D eigenvalue weighted by molar-refractivity contribution is 5.04. The van der Waals surface area contributed by atoms with Crippen molar-refractivity contribution in [3.63, 3.8) is 0 Å². The number of hydrogen-bond donors (Lipinski definition) is 1. The molecule has 0 spiro atoms. The molecule has 2 N–H and O–H groups in total. The van der Waals surface area contributed by atoms with Gasteiger partial charge in [-0.25, -0.2) is 8.78 Å². The monoisotopic (exact) mass is 266 g/mol. The van der Waals surface area contributed by atoms with E-state index in [1.54, 1.807) is 24.4 Å². The van der Waals surface area contributed by atoms with Gasteiger partial charge in [-0.2, -0.15) is 8.78 Å². The zero-order valence-electron chi connectivity index (χ0n) is 9.53. The Kier molecular flexibility index (Phi) is 5.49. The molecular formula is C11H14F4N2O. The summed E-state index contributed by atoms with van der Waals surface area (Å²) in [4.78, 5) is 4.00. The predicted molar refractivity (Wildman–Crippen MR) is 57.7 cm³/mol. The Bertz CT molecular complexity index is 348. The highest BCUT2D eigenvalue weighted by atomic mass is 19.3. The summed E-state index contributed by atoms with van der Waals surface area (Å²) < 4.78 is 53.1. The van der Waals surface area contributed by atoms with Crippen molar-refractivity contribution in [2.75, 3.05) is 13.2 Å². The fourth-order valence-electron chi connectivity index (χ4n) is 1.26. The van der Waals surface area contributed by atoms with E-state index in [0.29, 0.717) is 12.1 Å². The van der Waals surface area contributed by atoms with E-state index in [-0.39, 0.29) is 6.61 Å². The zero-order valence-corrected chi connectivity index (χ0v) is 9.53. The minimum absolute atomic E-state index is 0.223. The number of alkyl halides is 4. The van der Waals surface area contributed by atoms with E-state index >= 15 is 0 Å². The normalized spacial score (nSPS) is 13.9. The summed E-state index contributed by atoms with van der Waals surface area (Å²) in [6.45, 7) is -1.56. The van der Waals surface area contributed by atoms with Crippen LogP contribution in [0.15, 0.2) is 24.4 Å². The van der Waals surface area contributed by atoms with Gasteiger partial charge in [0.25, 0.3) is 0 Å². The van der Waals surface area contributed by atoms with Crippen LogP contribution in [0.2, 0.25) is 0 Å². The van der Waals surface area contributed by atoms with Crippen LogP contribution in [0, 0.1) is 0 Å². The Morgan fingerprint density at radius 1 is 1.33 bits per heavy atom. The molecule has 0 amide bonds. The van der Waals surface area contributed by atoms with Gasteiger partial charge in [-0.05, 0) is 12.1 Å². The molecule has 0 aliphatic rings. The Hall–Kier alpha value is -1.21. The lowest BCUT2D eigenvalue weighted by Crippen LogP contribution is -2.36. The van der Waals surface area contributed by atoms with Crippen LogP contribution in [0.5, 0.6) is 0 Å². The second-order valence-electron chi connectivity index (χ2n) is 3.86. The summed E-state index contributed by atoms with van der Waals surface area (Å²) in [6, 6.07) is 4.66. The maximum absolute atomic E-state index is 12.5. The summed E-state index contributed by atoms with van der Waals surface area (Å²) in [5.74, 6) is -4.13. The largest absolute Gasteiger partial charge is 0.373 e. The fraction of sp³-hybridized carbons (Fsp3) is 0.545. The van der Waals surface area contributed by atoms with Gasteiger partial charge in [-0.15, -0.1) is 0 Å². The molecule has 0 aromatic carbocycles. The lowest BCUT2D eigenvalue weighted by atomic mass is 10.1. The molecule has 0 saturated carbocycles. The second kappa shape index (κ2) is 6.65. The van der Waals surface area contributed by atoms with Gasteiger partial charge in [0, 0.05) is 24.4 Å². The standard InChI is InChI=1S/C11H14F4N2O/c12-10(13)11(14,15)7-18-6-8(16)5-9-3-1-2-4-17-9/h1-4,8,10H,5-7,16H2. The third-order valence-electron chi connectivity index (χ3n) is 2.14. The third-order valence-corrected chi connectivity index (χ3v) is 2.14. The number of nitrogens with zero attached hydrogens (tertiary/aromatic N) is 1. The Morgan fingerprint density at radius 2 is 2.06 bits per heavy atom. The topological polar surface area (TPSA) is 48.1 Å². The van der Waals surface area contributed by atoms with Crippen molar-refractivity contribution >= 4 is 0 Å². The molecule has 1 unspecified atom stereocenters.